The van der Waals surface area contributed by atoms with Gasteiger partial charge < -0.3 is 9.80 Å². The monoisotopic (exact) mass is 390 g/mol. The van der Waals surface area contributed by atoms with Gasteiger partial charge in [-0.2, -0.15) is 0 Å². The minimum absolute atomic E-state index is 0.0998. The Hall–Kier alpha value is -3.85. The Morgan fingerprint density at radius 3 is 1.80 bits per heavy atom. The molecule has 30 heavy (non-hydrogen) atoms. The first-order chi connectivity index (χ1) is 14.7. The summed E-state index contributed by atoms with van der Waals surface area (Å²) in [6.45, 7) is 0.691. The zero-order valence-corrected chi connectivity index (χ0v) is 16.8. The molecule has 4 aromatic rings. The molecule has 0 aliphatic carbocycles. The van der Waals surface area contributed by atoms with E-state index >= 15 is 0 Å². The number of rotatable bonds is 4. The number of para-hydroxylation sites is 2. The van der Waals surface area contributed by atoms with Crippen LogP contribution in [-0.4, -0.2) is 17.9 Å². The van der Waals surface area contributed by atoms with E-state index in [1.807, 2.05) is 25.2 Å². The van der Waals surface area contributed by atoms with E-state index in [0.29, 0.717) is 6.54 Å². The Morgan fingerprint density at radius 1 is 0.667 bits per heavy atom. The van der Waals surface area contributed by atoms with Gasteiger partial charge in [-0.05, 0) is 59.2 Å². The van der Waals surface area contributed by atoms with Crippen molar-refractivity contribution < 1.29 is 4.79 Å². The van der Waals surface area contributed by atoms with Crippen LogP contribution in [0.2, 0.25) is 0 Å². The standard InChI is InChI=1S/C27H22N2O/c1-28-19-22-13-12-21(18-26(22)27(28)30)20-14-16-25(17-15-20)29(23-8-4-2-5-9-23)24-10-6-3-7-11-24/h2-18H,19H2,1H3. The van der Waals surface area contributed by atoms with Gasteiger partial charge in [-0.3, -0.25) is 4.79 Å². The normalized spacial score (nSPS) is 12.7. The lowest BCUT2D eigenvalue weighted by atomic mass is 10.00. The first kappa shape index (κ1) is 18.2. The smallest absolute Gasteiger partial charge is 0.254 e. The third kappa shape index (κ3) is 3.25. The van der Waals surface area contributed by atoms with Crippen LogP contribution in [0.5, 0.6) is 0 Å². The number of anilines is 3. The van der Waals surface area contributed by atoms with Gasteiger partial charge in [0.25, 0.3) is 5.91 Å². The Labute approximate surface area is 176 Å². The summed E-state index contributed by atoms with van der Waals surface area (Å²) in [6.07, 6.45) is 0. The summed E-state index contributed by atoms with van der Waals surface area (Å²) in [7, 11) is 1.85. The average molecular weight is 390 g/mol. The Kier molecular flexibility index (Phi) is 4.56. The highest BCUT2D eigenvalue weighted by Gasteiger charge is 2.24. The first-order valence-corrected chi connectivity index (χ1v) is 10.1. The predicted molar refractivity (Wildman–Crippen MR) is 122 cm³/mol. The quantitative estimate of drug-likeness (QED) is 0.402. The number of carbonyl (C=O) groups excluding carboxylic acids is 1. The molecule has 3 nitrogen and oxygen atoms in total. The summed E-state index contributed by atoms with van der Waals surface area (Å²) < 4.78 is 0. The highest BCUT2D eigenvalue weighted by Crippen LogP contribution is 2.35. The van der Waals surface area contributed by atoms with Gasteiger partial charge in [-0.15, -0.1) is 0 Å². The molecule has 0 radical (unpaired) electrons. The van der Waals surface area contributed by atoms with Crippen LogP contribution in [0.1, 0.15) is 15.9 Å². The number of amides is 1. The molecule has 1 aliphatic rings. The Bertz CT molecular complexity index is 1150. The van der Waals surface area contributed by atoms with Gasteiger partial charge in [-0.25, -0.2) is 0 Å². The van der Waals surface area contributed by atoms with E-state index in [1.54, 1.807) is 4.90 Å². The lowest BCUT2D eigenvalue weighted by Crippen LogP contribution is -2.17. The van der Waals surface area contributed by atoms with E-state index < -0.39 is 0 Å². The van der Waals surface area contributed by atoms with Crippen LogP contribution in [0.25, 0.3) is 11.1 Å². The molecule has 4 aromatic carbocycles. The van der Waals surface area contributed by atoms with Crippen molar-refractivity contribution in [2.24, 2.45) is 0 Å². The van der Waals surface area contributed by atoms with Gasteiger partial charge >= 0.3 is 0 Å². The summed E-state index contributed by atoms with van der Waals surface area (Å²) in [6, 6.07) is 35.4. The number of hydrogen-bond acceptors (Lipinski definition) is 2. The molecule has 0 atom stereocenters. The van der Waals surface area contributed by atoms with Gasteiger partial charge in [-0.1, -0.05) is 60.7 Å². The number of fused-ring (bicyclic) bond motifs is 1. The summed E-state index contributed by atoms with van der Waals surface area (Å²) in [5, 5.41) is 0. The molecule has 0 fully saturated rings. The van der Waals surface area contributed by atoms with Gasteiger partial charge in [0.15, 0.2) is 0 Å². The molecule has 0 unspecified atom stereocenters. The summed E-state index contributed by atoms with van der Waals surface area (Å²) >= 11 is 0. The molecule has 0 bridgehead atoms. The third-order valence-corrected chi connectivity index (χ3v) is 5.58. The molecular weight excluding hydrogens is 368 g/mol. The molecule has 0 saturated carbocycles. The highest BCUT2D eigenvalue weighted by molar-refractivity contribution is 5.99. The third-order valence-electron chi connectivity index (χ3n) is 5.58. The zero-order valence-electron chi connectivity index (χ0n) is 16.8. The summed E-state index contributed by atoms with van der Waals surface area (Å²) in [5.74, 6) is 0.0998. The molecule has 0 saturated heterocycles. The van der Waals surface area contributed by atoms with Crippen molar-refractivity contribution in [3.05, 3.63) is 114 Å². The molecule has 146 valence electrons. The molecule has 0 spiro atoms. The van der Waals surface area contributed by atoms with E-state index in [4.69, 9.17) is 0 Å². The lowest BCUT2D eigenvalue weighted by Gasteiger charge is -2.25. The minimum Gasteiger partial charge on any atom is -0.337 e. The Balaban J connectivity index is 1.52. The van der Waals surface area contributed by atoms with Crippen LogP contribution in [-0.2, 0) is 6.54 Å². The first-order valence-electron chi connectivity index (χ1n) is 10.1. The van der Waals surface area contributed by atoms with Crippen molar-refractivity contribution in [3.8, 4) is 11.1 Å². The van der Waals surface area contributed by atoms with Gasteiger partial charge in [0.2, 0.25) is 0 Å². The maximum absolute atomic E-state index is 12.4. The fourth-order valence-corrected chi connectivity index (χ4v) is 4.03. The van der Waals surface area contributed by atoms with Gasteiger partial charge in [0, 0.05) is 36.2 Å². The summed E-state index contributed by atoms with van der Waals surface area (Å²) in [5.41, 5.74) is 7.40. The van der Waals surface area contributed by atoms with E-state index in [-0.39, 0.29) is 5.91 Å². The van der Waals surface area contributed by atoms with Gasteiger partial charge in [0.1, 0.15) is 0 Å². The minimum atomic E-state index is 0.0998. The largest absolute Gasteiger partial charge is 0.337 e. The van der Waals surface area contributed by atoms with Gasteiger partial charge in [0.05, 0.1) is 0 Å². The lowest BCUT2D eigenvalue weighted by molar-refractivity contribution is 0.0816. The molecule has 0 N–H and O–H groups in total. The van der Waals surface area contributed by atoms with Crippen molar-refractivity contribution in [3.63, 3.8) is 0 Å². The molecule has 1 aliphatic heterocycles. The van der Waals surface area contributed by atoms with Crippen LogP contribution < -0.4 is 4.90 Å². The second-order valence-corrected chi connectivity index (χ2v) is 7.59. The topological polar surface area (TPSA) is 23.6 Å². The van der Waals surface area contributed by atoms with Crippen molar-refractivity contribution >= 4 is 23.0 Å². The van der Waals surface area contributed by atoms with Crippen LogP contribution in [0, 0.1) is 0 Å². The SMILES string of the molecule is CN1Cc2ccc(-c3ccc(N(c4ccccc4)c4ccccc4)cc3)cc2C1=O. The Morgan fingerprint density at radius 2 is 1.20 bits per heavy atom. The molecule has 3 heteroatoms. The van der Waals surface area contributed by atoms with E-state index in [1.165, 1.54) is 0 Å². The van der Waals surface area contributed by atoms with Crippen molar-refractivity contribution in [2.75, 3.05) is 11.9 Å². The summed E-state index contributed by atoms with van der Waals surface area (Å²) in [4.78, 5) is 16.4. The number of carbonyl (C=O) groups is 1. The van der Waals surface area contributed by atoms with Crippen molar-refractivity contribution in [1.29, 1.82) is 0 Å². The van der Waals surface area contributed by atoms with Crippen LogP contribution in [0.3, 0.4) is 0 Å². The number of hydrogen-bond donors (Lipinski definition) is 0. The average Bonchev–Trinajstić information content (AvgIpc) is 3.09. The molecule has 0 aromatic heterocycles. The molecule has 1 amide bonds. The highest BCUT2D eigenvalue weighted by atomic mass is 16.2. The molecular formula is C27H22N2O. The van der Waals surface area contributed by atoms with E-state index in [9.17, 15) is 4.79 Å². The van der Waals surface area contributed by atoms with E-state index in [2.05, 4.69) is 89.8 Å². The van der Waals surface area contributed by atoms with Crippen molar-refractivity contribution in [1.82, 2.24) is 4.90 Å². The number of benzene rings is 4. The van der Waals surface area contributed by atoms with Crippen LogP contribution in [0.4, 0.5) is 17.1 Å². The second kappa shape index (κ2) is 7.53. The molecule has 1 heterocycles. The molecule has 5 rings (SSSR count). The van der Waals surface area contributed by atoms with Crippen LogP contribution in [0.15, 0.2) is 103 Å². The maximum Gasteiger partial charge on any atom is 0.254 e. The fourth-order valence-electron chi connectivity index (χ4n) is 4.03. The number of nitrogens with zero attached hydrogens (tertiary/aromatic N) is 2. The fraction of sp³-hybridized carbons (Fsp3) is 0.0741. The second-order valence-electron chi connectivity index (χ2n) is 7.59. The van der Waals surface area contributed by atoms with Crippen LogP contribution >= 0.6 is 0 Å². The predicted octanol–water partition coefficient (Wildman–Crippen LogP) is 6.41. The van der Waals surface area contributed by atoms with E-state index in [0.717, 1.165) is 39.3 Å². The maximum atomic E-state index is 12.4. The van der Waals surface area contributed by atoms with Crippen molar-refractivity contribution in [2.45, 2.75) is 6.54 Å². The zero-order chi connectivity index (χ0) is 20.5.